The molecule has 0 unspecified atom stereocenters. The molecule has 1 aliphatic carbocycles. The van der Waals surface area contributed by atoms with E-state index in [1.54, 1.807) is 26.4 Å². The van der Waals surface area contributed by atoms with E-state index < -0.39 is 5.97 Å². The molecule has 8 heteroatoms. The lowest BCUT2D eigenvalue weighted by molar-refractivity contribution is -0.136. The van der Waals surface area contributed by atoms with Gasteiger partial charge in [0.2, 0.25) is 11.6 Å². The molecule has 0 atom stereocenters. The number of carbonyl (C=O) groups is 2. The van der Waals surface area contributed by atoms with Crippen LogP contribution in [0.3, 0.4) is 0 Å². The van der Waals surface area contributed by atoms with E-state index in [9.17, 15) is 14.4 Å². The van der Waals surface area contributed by atoms with Crippen molar-refractivity contribution in [3.63, 3.8) is 0 Å². The highest BCUT2D eigenvalue weighted by Gasteiger charge is 2.25. The number of aromatic nitrogens is 3. The first-order valence-electron chi connectivity index (χ1n) is 8.58. The minimum absolute atomic E-state index is 0.0226. The number of carboxylic acid groups (broad SMARTS) is 1. The summed E-state index contributed by atoms with van der Waals surface area (Å²) in [6.07, 6.45) is 4.67. The zero-order chi connectivity index (χ0) is 19.6. The van der Waals surface area contributed by atoms with Crippen LogP contribution in [-0.2, 0) is 22.4 Å². The Kier molecular flexibility index (Phi) is 5.07. The Hall–Kier alpha value is -3.42. The number of nitrogens with one attached hydrogen (secondary N) is 2. The lowest BCUT2D eigenvalue weighted by Gasteiger charge is -2.07. The van der Waals surface area contributed by atoms with E-state index in [4.69, 9.17) is 5.11 Å². The van der Waals surface area contributed by atoms with Gasteiger partial charge in [-0.1, -0.05) is 25.1 Å². The van der Waals surface area contributed by atoms with Crippen LogP contribution in [-0.4, -0.2) is 38.4 Å². The smallest absolute Gasteiger partial charge is 0.303 e. The van der Waals surface area contributed by atoms with Crippen molar-refractivity contribution in [2.75, 3.05) is 7.05 Å². The molecule has 0 fully saturated rings. The number of hydrogen-bond acceptors (Lipinski definition) is 4. The number of amides is 1. The highest BCUT2D eigenvalue weighted by atomic mass is 16.4. The van der Waals surface area contributed by atoms with Gasteiger partial charge in [-0.15, -0.1) is 0 Å². The van der Waals surface area contributed by atoms with Crippen molar-refractivity contribution in [3.8, 4) is 11.3 Å². The van der Waals surface area contributed by atoms with Gasteiger partial charge in [0.1, 0.15) is 0 Å². The molecule has 4 rings (SSSR count). The number of aromatic amines is 1. The predicted octanol–water partition coefficient (Wildman–Crippen LogP) is 1.36. The van der Waals surface area contributed by atoms with Crippen LogP contribution in [0.2, 0.25) is 0 Å². The molecule has 1 amide bonds. The maximum Gasteiger partial charge on any atom is 0.303 e. The van der Waals surface area contributed by atoms with Crippen LogP contribution in [0.5, 0.6) is 0 Å². The van der Waals surface area contributed by atoms with Crippen LogP contribution >= 0.6 is 0 Å². The molecule has 27 heavy (non-hydrogen) atoms. The number of benzene rings is 1. The standard InChI is InChI=1S/C16H14N4O2.C3H6O2/c1-17-13(21)7-9-3-2-4-10-11(9)8-12-14(10)19-16(22)15-18-5-6-20(12)15;1-2-3(4)5/h2-6H,7-8H2,1H3,(H,17,21)(H,19,22);2H2,1H3,(H,4,5). The van der Waals surface area contributed by atoms with Crippen molar-refractivity contribution in [2.24, 2.45) is 0 Å². The van der Waals surface area contributed by atoms with E-state index in [1.807, 2.05) is 22.6 Å². The average Bonchev–Trinajstić information content (AvgIpc) is 3.28. The Morgan fingerprint density at radius 3 is 2.78 bits per heavy atom. The van der Waals surface area contributed by atoms with Crippen LogP contribution in [0, 0.1) is 0 Å². The number of carboxylic acids is 1. The normalized spacial score (nSPS) is 11.3. The van der Waals surface area contributed by atoms with Crippen molar-refractivity contribution in [1.82, 2.24) is 19.7 Å². The van der Waals surface area contributed by atoms with Crippen LogP contribution in [0.25, 0.3) is 16.9 Å². The van der Waals surface area contributed by atoms with Gasteiger partial charge >= 0.3 is 5.97 Å². The molecule has 8 nitrogen and oxygen atoms in total. The average molecular weight is 368 g/mol. The van der Waals surface area contributed by atoms with Gasteiger partial charge < -0.3 is 15.4 Å². The number of rotatable bonds is 3. The van der Waals surface area contributed by atoms with Gasteiger partial charge in [-0.3, -0.25) is 18.8 Å². The monoisotopic (exact) mass is 368 g/mol. The zero-order valence-electron chi connectivity index (χ0n) is 15.1. The molecule has 140 valence electrons. The van der Waals surface area contributed by atoms with Crippen molar-refractivity contribution < 1.29 is 14.7 Å². The highest BCUT2D eigenvalue weighted by molar-refractivity contribution is 5.81. The lowest BCUT2D eigenvalue weighted by atomic mass is 10.00. The maximum atomic E-state index is 12.1. The summed E-state index contributed by atoms with van der Waals surface area (Å²) in [5, 5.41) is 10.4. The van der Waals surface area contributed by atoms with Gasteiger partial charge in [0.15, 0.2) is 0 Å². The van der Waals surface area contributed by atoms with E-state index in [0.717, 1.165) is 28.1 Å². The van der Waals surface area contributed by atoms with Gasteiger partial charge in [0.05, 0.1) is 17.8 Å². The van der Waals surface area contributed by atoms with Crippen LogP contribution in [0.4, 0.5) is 0 Å². The number of aliphatic carboxylic acids is 1. The van der Waals surface area contributed by atoms with E-state index in [-0.39, 0.29) is 17.9 Å². The molecule has 1 aromatic carbocycles. The fourth-order valence-corrected chi connectivity index (χ4v) is 3.12. The van der Waals surface area contributed by atoms with Crippen LogP contribution < -0.4 is 10.9 Å². The molecular weight excluding hydrogens is 348 g/mol. The SMILES string of the molecule is CCC(=O)O.CNC(=O)Cc1cccc2c1Cc1c-2[nH]c(=O)c2nccn12. The Balaban J connectivity index is 0.000000376. The summed E-state index contributed by atoms with van der Waals surface area (Å²) in [7, 11) is 1.63. The molecule has 2 aromatic heterocycles. The Morgan fingerprint density at radius 1 is 1.37 bits per heavy atom. The Labute approximate surface area is 154 Å². The number of imidazole rings is 1. The molecule has 0 saturated heterocycles. The minimum atomic E-state index is -0.745. The fraction of sp³-hybridized carbons (Fsp3) is 0.263. The topological polar surface area (TPSA) is 117 Å². The number of likely N-dealkylation sites (N-methyl/N-ethyl adjacent to an activating group) is 1. The zero-order valence-corrected chi connectivity index (χ0v) is 15.1. The molecule has 1 aliphatic rings. The van der Waals surface area contributed by atoms with Gasteiger partial charge in [0.25, 0.3) is 5.56 Å². The van der Waals surface area contributed by atoms with Gasteiger partial charge in [0, 0.05) is 37.8 Å². The number of fused-ring (bicyclic) bond motifs is 5. The second-order valence-electron chi connectivity index (χ2n) is 6.11. The number of nitrogens with zero attached hydrogens (tertiary/aromatic N) is 2. The van der Waals surface area contributed by atoms with E-state index in [1.165, 1.54) is 0 Å². The van der Waals surface area contributed by atoms with Crippen LogP contribution in [0.1, 0.15) is 30.2 Å². The number of H-pyrrole nitrogens is 1. The van der Waals surface area contributed by atoms with E-state index >= 15 is 0 Å². The third-order valence-electron chi connectivity index (χ3n) is 4.48. The summed E-state index contributed by atoms with van der Waals surface area (Å²) in [5.74, 6) is -0.768. The Bertz CT molecular complexity index is 1080. The highest BCUT2D eigenvalue weighted by Crippen LogP contribution is 2.36. The van der Waals surface area contributed by atoms with Crippen molar-refractivity contribution in [1.29, 1.82) is 0 Å². The Morgan fingerprint density at radius 2 is 2.11 bits per heavy atom. The summed E-state index contributed by atoms with van der Waals surface area (Å²) in [6.45, 7) is 1.60. The van der Waals surface area contributed by atoms with Gasteiger partial charge in [-0.25, -0.2) is 4.98 Å². The first-order valence-corrected chi connectivity index (χ1v) is 8.58. The molecule has 3 N–H and O–H groups in total. The maximum absolute atomic E-state index is 12.1. The van der Waals surface area contributed by atoms with Crippen LogP contribution in [0.15, 0.2) is 35.4 Å². The predicted molar refractivity (Wildman–Crippen MR) is 99.8 cm³/mol. The molecule has 2 heterocycles. The third-order valence-corrected chi connectivity index (χ3v) is 4.48. The molecule has 0 radical (unpaired) electrons. The summed E-state index contributed by atoms with van der Waals surface area (Å²) < 4.78 is 1.83. The first-order chi connectivity index (χ1) is 13.0. The molecule has 3 aromatic rings. The third kappa shape index (κ3) is 3.46. The molecule has 0 bridgehead atoms. The number of hydrogen-bond donors (Lipinski definition) is 3. The van der Waals surface area contributed by atoms with E-state index in [0.29, 0.717) is 18.5 Å². The molecular formula is C19H20N4O4. The van der Waals surface area contributed by atoms with Gasteiger partial charge in [-0.05, 0) is 11.1 Å². The minimum Gasteiger partial charge on any atom is -0.481 e. The summed E-state index contributed by atoms with van der Waals surface area (Å²) in [5.41, 5.74) is 5.10. The van der Waals surface area contributed by atoms with Crippen molar-refractivity contribution in [3.05, 3.63) is 57.8 Å². The second kappa shape index (κ2) is 7.45. The van der Waals surface area contributed by atoms with Crippen molar-refractivity contribution >= 4 is 17.5 Å². The lowest BCUT2D eigenvalue weighted by Crippen LogP contribution is -2.20. The fourth-order valence-electron chi connectivity index (χ4n) is 3.12. The second-order valence-corrected chi connectivity index (χ2v) is 6.11. The molecule has 0 spiro atoms. The van der Waals surface area contributed by atoms with Crippen molar-refractivity contribution in [2.45, 2.75) is 26.2 Å². The largest absolute Gasteiger partial charge is 0.481 e. The summed E-state index contributed by atoms with van der Waals surface area (Å²) in [4.78, 5) is 40.2. The summed E-state index contributed by atoms with van der Waals surface area (Å²) in [6, 6.07) is 5.86. The quantitative estimate of drug-likeness (QED) is 0.505. The molecule has 0 aliphatic heterocycles. The van der Waals surface area contributed by atoms with Gasteiger partial charge in [-0.2, -0.15) is 0 Å². The molecule has 0 saturated carbocycles. The summed E-state index contributed by atoms with van der Waals surface area (Å²) >= 11 is 0. The number of carbonyl (C=O) groups excluding carboxylic acids is 1. The first kappa shape index (κ1) is 18.4. The van der Waals surface area contributed by atoms with E-state index in [2.05, 4.69) is 15.3 Å².